The summed E-state index contributed by atoms with van der Waals surface area (Å²) in [4.78, 5) is 22.8. The molecule has 0 heterocycles. The lowest BCUT2D eigenvalue weighted by Gasteiger charge is -2.26. The first-order chi connectivity index (χ1) is 9.84. The van der Waals surface area contributed by atoms with E-state index < -0.39 is 11.5 Å². The fourth-order valence-corrected chi connectivity index (χ4v) is 2.15. The van der Waals surface area contributed by atoms with Crippen LogP contribution in [0.3, 0.4) is 0 Å². The number of hydrogen-bond acceptors (Lipinski definition) is 2. The summed E-state index contributed by atoms with van der Waals surface area (Å²) in [6, 6.07) is 9.73. The van der Waals surface area contributed by atoms with Crippen molar-refractivity contribution >= 4 is 11.9 Å². The lowest BCUT2D eigenvalue weighted by molar-refractivity contribution is -0.137. The second kappa shape index (κ2) is 7.62. The van der Waals surface area contributed by atoms with Crippen molar-refractivity contribution < 1.29 is 14.7 Å². The zero-order valence-corrected chi connectivity index (χ0v) is 12.6. The summed E-state index contributed by atoms with van der Waals surface area (Å²) in [5.41, 5.74) is 0.517. The Balaban J connectivity index is 2.59. The van der Waals surface area contributed by atoms with Crippen LogP contribution in [0.5, 0.6) is 0 Å². The van der Waals surface area contributed by atoms with Crippen molar-refractivity contribution in [2.24, 2.45) is 0 Å². The highest BCUT2D eigenvalue weighted by Crippen LogP contribution is 2.21. The molecule has 0 fully saturated rings. The molecule has 1 aromatic carbocycles. The number of allylic oxidation sites excluding steroid dienone is 1. The van der Waals surface area contributed by atoms with Gasteiger partial charge in [0, 0.05) is 24.3 Å². The highest BCUT2D eigenvalue weighted by molar-refractivity contribution is 5.78. The maximum absolute atomic E-state index is 12.1. The Morgan fingerprint density at radius 3 is 2.48 bits per heavy atom. The molecule has 21 heavy (non-hydrogen) atoms. The fraction of sp³-hybridized carbons (Fsp3) is 0.412. The molecule has 0 saturated carbocycles. The molecular formula is C17H23NO3. The Labute approximate surface area is 125 Å². The molecule has 0 bridgehead atoms. The highest BCUT2D eigenvalue weighted by Gasteiger charge is 2.23. The number of aliphatic carboxylic acids is 1. The minimum absolute atomic E-state index is 0.0385. The molecule has 1 unspecified atom stereocenters. The molecule has 1 aromatic rings. The summed E-state index contributed by atoms with van der Waals surface area (Å²) in [7, 11) is 0. The summed E-state index contributed by atoms with van der Waals surface area (Å²) >= 11 is 0. The summed E-state index contributed by atoms with van der Waals surface area (Å²) in [5, 5.41) is 11.6. The molecule has 114 valence electrons. The van der Waals surface area contributed by atoms with E-state index >= 15 is 0 Å². The Hall–Kier alpha value is -2.10. The van der Waals surface area contributed by atoms with Crippen LogP contribution in [0.25, 0.3) is 0 Å². The summed E-state index contributed by atoms with van der Waals surface area (Å²) in [6.07, 6.45) is 2.51. The van der Waals surface area contributed by atoms with E-state index in [1.54, 1.807) is 6.08 Å². The quantitative estimate of drug-likeness (QED) is 0.723. The molecular weight excluding hydrogens is 266 g/mol. The first-order valence-corrected chi connectivity index (χ1v) is 7.04. The van der Waals surface area contributed by atoms with Crippen molar-refractivity contribution in [1.29, 1.82) is 0 Å². The van der Waals surface area contributed by atoms with Gasteiger partial charge in [0.05, 0.1) is 0 Å². The molecule has 1 atom stereocenters. The minimum atomic E-state index is -0.856. The number of amides is 1. The third-order valence-electron chi connectivity index (χ3n) is 3.36. The van der Waals surface area contributed by atoms with Crippen LogP contribution in [0.15, 0.2) is 43.0 Å². The zero-order valence-electron chi connectivity index (χ0n) is 12.6. The van der Waals surface area contributed by atoms with E-state index in [9.17, 15) is 9.59 Å². The Morgan fingerprint density at radius 1 is 1.33 bits per heavy atom. The van der Waals surface area contributed by atoms with Crippen molar-refractivity contribution in [2.45, 2.75) is 44.6 Å². The van der Waals surface area contributed by atoms with E-state index in [0.717, 1.165) is 5.56 Å². The van der Waals surface area contributed by atoms with Crippen LogP contribution in [0, 0.1) is 0 Å². The van der Waals surface area contributed by atoms with Crippen molar-refractivity contribution in [3.05, 3.63) is 48.6 Å². The van der Waals surface area contributed by atoms with Gasteiger partial charge in [-0.3, -0.25) is 9.59 Å². The SMILES string of the molecule is C=CC(CC(=O)NC(C)(C)CCC(=O)O)c1ccccc1. The average molecular weight is 289 g/mol. The van der Waals surface area contributed by atoms with E-state index in [4.69, 9.17) is 5.11 Å². The number of hydrogen-bond donors (Lipinski definition) is 2. The van der Waals surface area contributed by atoms with E-state index in [1.807, 2.05) is 44.2 Å². The van der Waals surface area contributed by atoms with E-state index in [-0.39, 0.29) is 18.2 Å². The van der Waals surface area contributed by atoms with Crippen LogP contribution in [0.1, 0.15) is 44.6 Å². The number of benzene rings is 1. The Kier molecular flexibility index (Phi) is 6.15. The lowest BCUT2D eigenvalue weighted by atomic mass is 9.93. The first kappa shape index (κ1) is 17.0. The molecule has 1 amide bonds. The number of carbonyl (C=O) groups is 2. The molecule has 0 aliphatic heterocycles. The van der Waals surface area contributed by atoms with Gasteiger partial charge in [0.15, 0.2) is 0 Å². The summed E-state index contributed by atoms with van der Waals surface area (Å²) in [5.74, 6) is -0.994. The maximum atomic E-state index is 12.1. The third kappa shape index (κ3) is 6.25. The molecule has 4 nitrogen and oxygen atoms in total. The van der Waals surface area contributed by atoms with Gasteiger partial charge >= 0.3 is 5.97 Å². The molecule has 1 rings (SSSR count). The topological polar surface area (TPSA) is 66.4 Å². The zero-order chi connectivity index (χ0) is 15.9. The lowest BCUT2D eigenvalue weighted by Crippen LogP contribution is -2.44. The fourth-order valence-electron chi connectivity index (χ4n) is 2.15. The average Bonchev–Trinajstić information content (AvgIpc) is 2.43. The van der Waals surface area contributed by atoms with Crippen molar-refractivity contribution in [3.63, 3.8) is 0 Å². The molecule has 0 aliphatic carbocycles. The Morgan fingerprint density at radius 2 is 1.95 bits per heavy atom. The van der Waals surface area contributed by atoms with Gasteiger partial charge in [-0.2, -0.15) is 0 Å². The van der Waals surface area contributed by atoms with Gasteiger partial charge in [0.2, 0.25) is 5.91 Å². The minimum Gasteiger partial charge on any atom is -0.481 e. The van der Waals surface area contributed by atoms with Gasteiger partial charge in [0.25, 0.3) is 0 Å². The van der Waals surface area contributed by atoms with E-state index in [1.165, 1.54) is 0 Å². The van der Waals surface area contributed by atoms with Crippen molar-refractivity contribution in [1.82, 2.24) is 5.32 Å². The monoisotopic (exact) mass is 289 g/mol. The number of carboxylic acids is 1. The smallest absolute Gasteiger partial charge is 0.303 e. The predicted octanol–water partition coefficient (Wildman–Crippen LogP) is 3.11. The standard InChI is InChI=1S/C17H23NO3/c1-4-13(14-8-6-5-7-9-14)12-15(19)18-17(2,3)11-10-16(20)21/h4-9,13H,1,10-12H2,2-3H3,(H,18,19)(H,20,21). The number of carbonyl (C=O) groups excluding carboxylic acids is 1. The van der Waals surface area contributed by atoms with E-state index in [0.29, 0.717) is 12.8 Å². The number of nitrogens with one attached hydrogen (secondary N) is 1. The molecule has 0 aliphatic rings. The van der Waals surface area contributed by atoms with Gasteiger partial charge in [0.1, 0.15) is 0 Å². The molecule has 2 N–H and O–H groups in total. The van der Waals surface area contributed by atoms with Crippen molar-refractivity contribution in [3.8, 4) is 0 Å². The maximum Gasteiger partial charge on any atom is 0.303 e. The van der Waals surface area contributed by atoms with Gasteiger partial charge in [-0.05, 0) is 25.8 Å². The van der Waals surface area contributed by atoms with Crippen LogP contribution in [-0.4, -0.2) is 22.5 Å². The van der Waals surface area contributed by atoms with Gasteiger partial charge in [-0.15, -0.1) is 6.58 Å². The van der Waals surface area contributed by atoms with Crippen LogP contribution < -0.4 is 5.32 Å². The Bertz CT molecular complexity index is 494. The summed E-state index contributed by atoms with van der Waals surface area (Å²) < 4.78 is 0. The van der Waals surface area contributed by atoms with Gasteiger partial charge in [-0.25, -0.2) is 0 Å². The van der Waals surface area contributed by atoms with Crippen LogP contribution >= 0.6 is 0 Å². The number of rotatable bonds is 8. The molecule has 0 spiro atoms. The second-order valence-electron chi connectivity index (χ2n) is 5.78. The molecule has 0 saturated heterocycles. The third-order valence-corrected chi connectivity index (χ3v) is 3.36. The predicted molar refractivity (Wildman–Crippen MR) is 83.1 cm³/mol. The largest absolute Gasteiger partial charge is 0.481 e. The molecule has 0 aromatic heterocycles. The molecule has 4 heteroatoms. The molecule has 0 radical (unpaired) electrons. The highest BCUT2D eigenvalue weighted by atomic mass is 16.4. The van der Waals surface area contributed by atoms with Crippen LogP contribution in [-0.2, 0) is 9.59 Å². The van der Waals surface area contributed by atoms with Crippen molar-refractivity contribution in [2.75, 3.05) is 0 Å². The van der Waals surface area contributed by atoms with Crippen LogP contribution in [0.2, 0.25) is 0 Å². The second-order valence-corrected chi connectivity index (χ2v) is 5.78. The number of carboxylic acid groups (broad SMARTS) is 1. The normalized spacial score (nSPS) is 12.5. The van der Waals surface area contributed by atoms with Gasteiger partial charge in [-0.1, -0.05) is 36.4 Å². The van der Waals surface area contributed by atoms with Crippen LogP contribution in [0.4, 0.5) is 0 Å². The summed E-state index contributed by atoms with van der Waals surface area (Å²) in [6.45, 7) is 7.45. The van der Waals surface area contributed by atoms with Gasteiger partial charge < -0.3 is 10.4 Å². The first-order valence-electron chi connectivity index (χ1n) is 7.04. The van der Waals surface area contributed by atoms with E-state index in [2.05, 4.69) is 11.9 Å².